The van der Waals surface area contributed by atoms with Crippen LogP contribution in [0.3, 0.4) is 0 Å². The molecule has 0 saturated heterocycles. The molecule has 62 heavy (non-hydrogen) atoms. The van der Waals surface area contributed by atoms with E-state index in [0.29, 0.717) is 17.5 Å². The summed E-state index contributed by atoms with van der Waals surface area (Å²) in [4.78, 5) is 14.9. The van der Waals surface area contributed by atoms with E-state index in [1.165, 1.54) is 43.7 Å². The summed E-state index contributed by atoms with van der Waals surface area (Å²) in [6, 6.07) is 79.4. The minimum Gasteiger partial charge on any atom is -0.309 e. The van der Waals surface area contributed by atoms with Crippen molar-refractivity contribution in [2.75, 3.05) is 0 Å². The lowest BCUT2D eigenvalue weighted by atomic mass is 9.99. The Morgan fingerprint density at radius 3 is 1.45 bits per heavy atom. The Morgan fingerprint density at radius 2 is 0.726 bits per heavy atom. The highest BCUT2D eigenvalue weighted by Gasteiger charge is 2.19. The van der Waals surface area contributed by atoms with Crippen molar-refractivity contribution in [2.45, 2.75) is 0 Å². The van der Waals surface area contributed by atoms with Gasteiger partial charge in [0.15, 0.2) is 17.5 Å². The lowest BCUT2D eigenvalue weighted by molar-refractivity contribution is 1.07. The van der Waals surface area contributed by atoms with Crippen LogP contribution >= 0.6 is 0 Å². The molecule has 0 aliphatic heterocycles. The molecule has 0 bridgehead atoms. The highest BCUT2D eigenvalue weighted by atomic mass is 15.0. The summed E-state index contributed by atoms with van der Waals surface area (Å²) in [5.41, 5.74) is 14.4. The Kier molecular flexibility index (Phi) is 8.42. The van der Waals surface area contributed by atoms with Gasteiger partial charge < -0.3 is 9.13 Å². The third kappa shape index (κ3) is 5.98. The lowest BCUT2D eigenvalue weighted by Gasteiger charge is -2.12. The second-order valence-corrected chi connectivity index (χ2v) is 15.6. The average molecular weight is 792 g/mol. The summed E-state index contributed by atoms with van der Waals surface area (Å²) in [7, 11) is 0. The molecule has 0 saturated carbocycles. The summed E-state index contributed by atoms with van der Waals surface area (Å²) < 4.78 is 4.79. The van der Waals surface area contributed by atoms with E-state index >= 15 is 0 Å². The minimum atomic E-state index is 0.637. The van der Waals surface area contributed by atoms with Crippen LogP contribution < -0.4 is 0 Å². The standard InChI is InChI=1S/C57H37N5/c1-4-17-38(18-5-1)55-58-56(39-19-6-2-7-20-39)60-57(59-55)43-23-14-21-40(35-43)41-33-34-52-49(37-41)47-27-10-12-30-50(47)62(52)45-26-15-22-42(36-45)46-29-16-32-53-54(46)48-28-11-13-31-51(48)61(53)44-24-8-3-9-25-44/h1-37H. The first-order valence-electron chi connectivity index (χ1n) is 20.9. The summed E-state index contributed by atoms with van der Waals surface area (Å²) in [6.45, 7) is 0. The molecule has 0 fully saturated rings. The molecule has 0 aliphatic carbocycles. The Bertz CT molecular complexity index is 3570. The third-order valence-electron chi connectivity index (χ3n) is 12.0. The van der Waals surface area contributed by atoms with Gasteiger partial charge in [-0.15, -0.1) is 0 Å². The molecular weight excluding hydrogens is 755 g/mol. The van der Waals surface area contributed by atoms with Crippen LogP contribution in [0, 0.1) is 0 Å². The first-order valence-corrected chi connectivity index (χ1v) is 20.9. The van der Waals surface area contributed by atoms with Gasteiger partial charge in [0.25, 0.3) is 0 Å². The van der Waals surface area contributed by atoms with Crippen LogP contribution in [0.2, 0.25) is 0 Å². The van der Waals surface area contributed by atoms with Crippen LogP contribution in [0.15, 0.2) is 224 Å². The summed E-state index contributed by atoms with van der Waals surface area (Å²) in [6.07, 6.45) is 0. The van der Waals surface area contributed by atoms with Crippen molar-refractivity contribution >= 4 is 43.6 Å². The van der Waals surface area contributed by atoms with Gasteiger partial charge in [-0.2, -0.15) is 0 Å². The van der Waals surface area contributed by atoms with Gasteiger partial charge in [-0.05, 0) is 82.9 Å². The summed E-state index contributed by atoms with van der Waals surface area (Å²) >= 11 is 0. The molecular formula is C57H37N5. The van der Waals surface area contributed by atoms with Crippen molar-refractivity contribution in [1.29, 1.82) is 0 Å². The van der Waals surface area contributed by atoms with Crippen molar-refractivity contribution in [1.82, 2.24) is 24.1 Å². The van der Waals surface area contributed by atoms with E-state index in [1.807, 2.05) is 60.7 Å². The Hall–Kier alpha value is -8.41. The van der Waals surface area contributed by atoms with Crippen LogP contribution in [0.4, 0.5) is 0 Å². The summed E-state index contributed by atoms with van der Waals surface area (Å²) in [5.74, 6) is 1.93. The first-order chi connectivity index (χ1) is 30.7. The van der Waals surface area contributed by atoms with Gasteiger partial charge >= 0.3 is 0 Å². The van der Waals surface area contributed by atoms with Gasteiger partial charge in [-0.25, -0.2) is 15.0 Å². The molecule has 5 heteroatoms. The molecule has 0 amide bonds. The zero-order valence-electron chi connectivity index (χ0n) is 33.6. The maximum absolute atomic E-state index is 5.01. The fourth-order valence-corrected chi connectivity index (χ4v) is 9.13. The monoisotopic (exact) mass is 791 g/mol. The van der Waals surface area contributed by atoms with Crippen LogP contribution in [-0.2, 0) is 0 Å². The lowest BCUT2D eigenvalue weighted by Crippen LogP contribution is -2.00. The quantitative estimate of drug-likeness (QED) is 0.162. The Morgan fingerprint density at radius 1 is 0.258 bits per heavy atom. The SMILES string of the molecule is c1ccc(-c2nc(-c3ccccc3)nc(-c3cccc(-c4ccc5c(c4)c4ccccc4n5-c4cccc(-c5cccc6c5c5ccccc5n6-c5ccccc5)c4)c3)n2)cc1. The molecule has 0 N–H and O–H groups in total. The number of fused-ring (bicyclic) bond motifs is 6. The van der Waals surface area contributed by atoms with Crippen LogP contribution in [-0.4, -0.2) is 24.1 Å². The minimum absolute atomic E-state index is 0.637. The van der Waals surface area contributed by atoms with Gasteiger partial charge in [-0.3, -0.25) is 0 Å². The van der Waals surface area contributed by atoms with E-state index in [2.05, 4.69) is 173 Å². The highest BCUT2D eigenvalue weighted by Crippen LogP contribution is 2.41. The van der Waals surface area contributed by atoms with E-state index in [4.69, 9.17) is 15.0 Å². The van der Waals surface area contributed by atoms with Crippen molar-refractivity contribution < 1.29 is 0 Å². The largest absolute Gasteiger partial charge is 0.309 e. The number of aromatic nitrogens is 5. The molecule has 0 aliphatic rings. The Labute approximate surface area is 358 Å². The second-order valence-electron chi connectivity index (χ2n) is 15.6. The van der Waals surface area contributed by atoms with Gasteiger partial charge in [0, 0.05) is 49.6 Å². The second kappa shape index (κ2) is 14.7. The van der Waals surface area contributed by atoms with Crippen LogP contribution in [0.25, 0.3) is 111 Å². The Balaban J connectivity index is 0.972. The van der Waals surface area contributed by atoms with Gasteiger partial charge in [0.1, 0.15) is 0 Å². The van der Waals surface area contributed by atoms with Crippen molar-refractivity contribution in [3.8, 4) is 67.8 Å². The number of benzene rings is 9. The molecule has 5 nitrogen and oxygen atoms in total. The molecule has 0 spiro atoms. The van der Waals surface area contributed by atoms with Gasteiger partial charge in [0.2, 0.25) is 0 Å². The zero-order chi connectivity index (χ0) is 41.0. The number of nitrogens with zero attached hydrogens (tertiary/aromatic N) is 5. The highest BCUT2D eigenvalue weighted by molar-refractivity contribution is 6.16. The molecule has 290 valence electrons. The van der Waals surface area contributed by atoms with Crippen molar-refractivity contribution in [2.24, 2.45) is 0 Å². The number of rotatable bonds is 7. The molecule has 0 radical (unpaired) electrons. The number of hydrogen-bond acceptors (Lipinski definition) is 3. The molecule has 0 atom stereocenters. The predicted molar refractivity (Wildman–Crippen MR) is 256 cm³/mol. The van der Waals surface area contributed by atoms with Crippen molar-refractivity contribution in [3.63, 3.8) is 0 Å². The van der Waals surface area contributed by atoms with E-state index in [0.717, 1.165) is 50.2 Å². The maximum Gasteiger partial charge on any atom is 0.164 e. The van der Waals surface area contributed by atoms with E-state index in [9.17, 15) is 0 Å². The van der Waals surface area contributed by atoms with Crippen molar-refractivity contribution in [3.05, 3.63) is 224 Å². The van der Waals surface area contributed by atoms with Gasteiger partial charge in [0.05, 0.1) is 22.1 Å². The van der Waals surface area contributed by atoms with E-state index in [-0.39, 0.29) is 0 Å². The molecule has 0 unspecified atom stereocenters. The maximum atomic E-state index is 5.01. The number of para-hydroxylation sites is 3. The molecule has 12 rings (SSSR count). The van der Waals surface area contributed by atoms with Crippen LogP contribution in [0.5, 0.6) is 0 Å². The topological polar surface area (TPSA) is 48.5 Å². The zero-order valence-corrected chi connectivity index (χ0v) is 33.6. The molecule has 9 aromatic carbocycles. The predicted octanol–water partition coefficient (Wildman–Crippen LogP) is 14.4. The van der Waals surface area contributed by atoms with E-state index in [1.54, 1.807) is 0 Å². The van der Waals surface area contributed by atoms with Crippen LogP contribution in [0.1, 0.15) is 0 Å². The van der Waals surface area contributed by atoms with Gasteiger partial charge in [-0.1, -0.05) is 164 Å². The first kappa shape index (κ1) is 35.5. The summed E-state index contributed by atoms with van der Waals surface area (Å²) in [5, 5.41) is 4.89. The normalized spacial score (nSPS) is 11.5. The molecule has 12 aromatic rings. The third-order valence-corrected chi connectivity index (χ3v) is 12.0. The molecule has 3 aromatic heterocycles. The molecule has 3 heterocycles. The smallest absolute Gasteiger partial charge is 0.164 e. The fourth-order valence-electron chi connectivity index (χ4n) is 9.13. The average Bonchev–Trinajstić information content (AvgIpc) is 3.87. The van der Waals surface area contributed by atoms with E-state index < -0.39 is 0 Å². The number of hydrogen-bond donors (Lipinski definition) is 0. The fraction of sp³-hybridized carbons (Fsp3) is 0.